The molecule has 1 aliphatic heterocycles. The molecule has 1 aromatic carbocycles. The highest BCUT2D eigenvalue weighted by atomic mass is 16.2. The van der Waals surface area contributed by atoms with Crippen LogP contribution in [0, 0.1) is 12.8 Å². The number of aryl methyl sites for hydroxylation is 3. The van der Waals surface area contributed by atoms with E-state index < -0.39 is 0 Å². The lowest BCUT2D eigenvalue weighted by molar-refractivity contribution is 0.409. The standard InChI is InChI=1S/C24H34N2O2/c1-16(2)8-7-9-17(3)12-14-25-19-11-10-18(4)20-21(19)26(23(28)22(25)27)15-13-24(20,5)6/h8,10-11,17H,7,9,12-15H2,1-6H3. The molecule has 0 aliphatic carbocycles. The number of hydrogen-bond donors (Lipinski definition) is 0. The van der Waals surface area contributed by atoms with Crippen LogP contribution in [0.25, 0.3) is 11.0 Å². The van der Waals surface area contributed by atoms with Gasteiger partial charge in [0.15, 0.2) is 0 Å². The second-order valence-electron chi connectivity index (χ2n) is 9.43. The summed E-state index contributed by atoms with van der Waals surface area (Å²) in [5.41, 5.74) is 4.91. The number of nitrogens with zero attached hydrogens (tertiary/aromatic N) is 2. The van der Waals surface area contributed by atoms with Gasteiger partial charge in [0.2, 0.25) is 0 Å². The molecule has 152 valence electrons. The van der Waals surface area contributed by atoms with Crippen LogP contribution < -0.4 is 11.1 Å². The summed E-state index contributed by atoms with van der Waals surface area (Å²) >= 11 is 0. The predicted octanol–water partition coefficient (Wildman–Crippen LogP) is 4.93. The highest BCUT2D eigenvalue weighted by Gasteiger charge is 2.32. The maximum atomic E-state index is 12.9. The summed E-state index contributed by atoms with van der Waals surface area (Å²) in [4.78, 5) is 25.7. The maximum absolute atomic E-state index is 12.9. The summed E-state index contributed by atoms with van der Waals surface area (Å²) < 4.78 is 3.45. The third-order valence-corrected chi connectivity index (χ3v) is 6.29. The topological polar surface area (TPSA) is 44.0 Å². The van der Waals surface area contributed by atoms with Crippen LogP contribution in [0.5, 0.6) is 0 Å². The predicted molar refractivity (Wildman–Crippen MR) is 117 cm³/mol. The van der Waals surface area contributed by atoms with Gasteiger partial charge >= 0.3 is 11.1 Å². The molecule has 1 aromatic heterocycles. The molecule has 0 fully saturated rings. The zero-order valence-electron chi connectivity index (χ0n) is 18.3. The van der Waals surface area contributed by atoms with Crippen molar-refractivity contribution in [1.82, 2.24) is 9.13 Å². The largest absolute Gasteiger partial charge is 0.316 e. The lowest BCUT2D eigenvalue weighted by Gasteiger charge is -2.35. The van der Waals surface area contributed by atoms with Crippen molar-refractivity contribution < 1.29 is 0 Å². The molecular weight excluding hydrogens is 348 g/mol. The van der Waals surface area contributed by atoms with E-state index in [1.54, 1.807) is 9.13 Å². The molecule has 1 aliphatic rings. The fourth-order valence-corrected chi connectivity index (χ4v) is 4.57. The molecule has 0 radical (unpaired) electrons. The SMILES string of the molecule is CC(C)=CCCC(C)CCn1c(=O)c(=O)n2c3c(c(C)ccc31)C(C)(C)CC2. The first-order valence-corrected chi connectivity index (χ1v) is 10.5. The smallest absolute Gasteiger partial charge is 0.302 e. The van der Waals surface area contributed by atoms with Crippen molar-refractivity contribution in [3.8, 4) is 0 Å². The van der Waals surface area contributed by atoms with Gasteiger partial charge in [0, 0.05) is 13.1 Å². The van der Waals surface area contributed by atoms with Crippen molar-refractivity contribution in [2.24, 2.45) is 5.92 Å². The average Bonchev–Trinajstić information content (AvgIpc) is 2.61. The van der Waals surface area contributed by atoms with Gasteiger partial charge in [-0.15, -0.1) is 0 Å². The normalized spacial score (nSPS) is 16.2. The average molecular weight is 383 g/mol. The highest BCUT2D eigenvalue weighted by Crippen LogP contribution is 2.38. The van der Waals surface area contributed by atoms with E-state index >= 15 is 0 Å². The minimum atomic E-state index is -0.376. The molecule has 0 N–H and O–H groups in total. The molecule has 4 nitrogen and oxygen atoms in total. The summed E-state index contributed by atoms with van der Waals surface area (Å²) in [6.45, 7) is 14.3. The van der Waals surface area contributed by atoms with Crippen molar-refractivity contribution in [2.75, 3.05) is 0 Å². The monoisotopic (exact) mass is 382 g/mol. The van der Waals surface area contributed by atoms with Crippen molar-refractivity contribution >= 4 is 11.0 Å². The number of allylic oxidation sites excluding steroid dienone is 2. The van der Waals surface area contributed by atoms with E-state index in [0.717, 1.165) is 36.7 Å². The van der Waals surface area contributed by atoms with E-state index in [9.17, 15) is 9.59 Å². The molecule has 1 unspecified atom stereocenters. The van der Waals surface area contributed by atoms with E-state index in [1.807, 2.05) is 6.07 Å². The molecule has 3 rings (SSSR count). The van der Waals surface area contributed by atoms with Gasteiger partial charge in [-0.2, -0.15) is 0 Å². The Balaban J connectivity index is 2.02. The minimum Gasteiger partial charge on any atom is -0.302 e. The van der Waals surface area contributed by atoms with Gasteiger partial charge in [-0.05, 0) is 75.0 Å². The summed E-state index contributed by atoms with van der Waals surface area (Å²) in [5.74, 6) is 0.509. The van der Waals surface area contributed by atoms with E-state index in [2.05, 4.69) is 53.7 Å². The molecular formula is C24H34N2O2. The van der Waals surface area contributed by atoms with Gasteiger partial charge in [-0.1, -0.05) is 38.5 Å². The van der Waals surface area contributed by atoms with Gasteiger partial charge in [0.1, 0.15) is 0 Å². The Morgan fingerprint density at radius 2 is 1.89 bits per heavy atom. The lowest BCUT2D eigenvalue weighted by atomic mass is 9.76. The summed E-state index contributed by atoms with van der Waals surface area (Å²) in [6.07, 6.45) is 6.22. The lowest BCUT2D eigenvalue weighted by Crippen LogP contribution is -2.45. The highest BCUT2D eigenvalue weighted by molar-refractivity contribution is 5.82. The molecule has 0 spiro atoms. The maximum Gasteiger partial charge on any atom is 0.316 e. The Morgan fingerprint density at radius 1 is 1.18 bits per heavy atom. The number of benzene rings is 1. The molecule has 0 saturated heterocycles. The molecule has 4 heteroatoms. The first-order chi connectivity index (χ1) is 13.1. The second kappa shape index (κ2) is 7.73. The van der Waals surface area contributed by atoms with Crippen LogP contribution in [0.4, 0.5) is 0 Å². The fraction of sp³-hybridized carbons (Fsp3) is 0.583. The van der Waals surface area contributed by atoms with Crippen molar-refractivity contribution in [2.45, 2.75) is 85.7 Å². The van der Waals surface area contributed by atoms with E-state index in [-0.39, 0.29) is 16.5 Å². The van der Waals surface area contributed by atoms with Crippen molar-refractivity contribution in [3.63, 3.8) is 0 Å². The van der Waals surface area contributed by atoms with Crippen LogP contribution in [0.2, 0.25) is 0 Å². The summed E-state index contributed by atoms with van der Waals surface area (Å²) in [6, 6.07) is 4.13. The Labute approximate surface area is 167 Å². The van der Waals surface area contributed by atoms with E-state index in [0.29, 0.717) is 19.0 Å². The molecule has 0 saturated carbocycles. The Hall–Kier alpha value is -2.10. The van der Waals surface area contributed by atoms with Gasteiger partial charge in [-0.25, -0.2) is 0 Å². The quantitative estimate of drug-likeness (QED) is 0.525. The van der Waals surface area contributed by atoms with Crippen LogP contribution in [-0.4, -0.2) is 9.13 Å². The molecule has 0 amide bonds. The van der Waals surface area contributed by atoms with Crippen molar-refractivity contribution in [1.29, 1.82) is 0 Å². The van der Waals surface area contributed by atoms with Crippen LogP contribution >= 0.6 is 0 Å². The zero-order chi connectivity index (χ0) is 20.6. The molecule has 2 aromatic rings. The summed E-state index contributed by atoms with van der Waals surface area (Å²) in [7, 11) is 0. The number of aromatic nitrogens is 2. The van der Waals surface area contributed by atoms with Crippen LogP contribution in [0.1, 0.15) is 71.4 Å². The molecule has 2 heterocycles. The van der Waals surface area contributed by atoms with Crippen LogP contribution in [0.15, 0.2) is 33.4 Å². The van der Waals surface area contributed by atoms with Crippen LogP contribution in [-0.2, 0) is 18.5 Å². The van der Waals surface area contributed by atoms with Gasteiger partial charge in [-0.3, -0.25) is 9.59 Å². The Morgan fingerprint density at radius 3 is 2.57 bits per heavy atom. The summed E-state index contributed by atoms with van der Waals surface area (Å²) in [5, 5.41) is 0. The number of rotatable bonds is 6. The van der Waals surface area contributed by atoms with Gasteiger partial charge in [0.25, 0.3) is 0 Å². The van der Waals surface area contributed by atoms with Gasteiger partial charge in [0.05, 0.1) is 11.0 Å². The van der Waals surface area contributed by atoms with Crippen molar-refractivity contribution in [3.05, 3.63) is 55.6 Å². The van der Waals surface area contributed by atoms with Gasteiger partial charge < -0.3 is 9.13 Å². The minimum absolute atomic E-state index is 0.00982. The third kappa shape index (κ3) is 3.74. The third-order valence-electron chi connectivity index (χ3n) is 6.29. The zero-order valence-corrected chi connectivity index (χ0v) is 18.3. The molecule has 1 atom stereocenters. The second-order valence-corrected chi connectivity index (χ2v) is 9.43. The van der Waals surface area contributed by atoms with E-state index in [4.69, 9.17) is 0 Å². The Bertz CT molecular complexity index is 1030. The number of hydrogen-bond acceptors (Lipinski definition) is 2. The molecule has 0 bridgehead atoms. The molecule has 28 heavy (non-hydrogen) atoms. The Kier molecular flexibility index (Phi) is 5.69. The first-order valence-electron chi connectivity index (χ1n) is 10.5. The van der Waals surface area contributed by atoms with E-state index in [1.165, 1.54) is 16.7 Å². The first kappa shape index (κ1) is 20.6. The fourth-order valence-electron chi connectivity index (χ4n) is 4.57. The van der Waals surface area contributed by atoms with Crippen LogP contribution in [0.3, 0.4) is 0 Å².